The van der Waals surface area contributed by atoms with Crippen molar-refractivity contribution >= 4 is 11.9 Å². The predicted octanol–water partition coefficient (Wildman–Crippen LogP) is 5.62. The number of benzene rings is 2. The molecule has 2 N–H and O–H groups in total. The summed E-state index contributed by atoms with van der Waals surface area (Å²) in [4.78, 5) is 21.7. The third-order valence-corrected chi connectivity index (χ3v) is 6.13. The van der Waals surface area contributed by atoms with Crippen LogP contribution in [0.15, 0.2) is 54.9 Å². The van der Waals surface area contributed by atoms with E-state index in [4.69, 9.17) is 9.47 Å². The van der Waals surface area contributed by atoms with Crippen LogP contribution < -0.4 is 20.1 Å². The van der Waals surface area contributed by atoms with E-state index in [-0.39, 0.29) is 5.91 Å². The third-order valence-electron chi connectivity index (χ3n) is 6.13. The number of nitrogens with one attached hydrogen (secondary N) is 2. The van der Waals surface area contributed by atoms with Gasteiger partial charge >= 0.3 is 0 Å². The van der Waals surface area contributed by atoms with Crippen LogP contribution in [0.2, 0.25) is 0 Å². The van der Waals surface area contributed by atoms with E-state index >= 15 is 0 Å². The third kappa shape index (κ3) is 6.72. The first-order valence-corrected chi connectivity index (χ1v) is 12.5. The summed E-state index contributed by atoms with van der Waals surface area (Å²) in [6.07, 6.45) is 9.88. The van der Waals surface area contributed by atoms with Crippen LogP contribution in [0.5, 0.6) is 11.5 Å². The van der Waals surface area contributed by atoms with Crippen LogP contribution in [0.3, 0.4) is 0 Å². The second-order valence-corrected chi connectivity index (χ2v) is 8.68. The zero-order chi connectivity index (χ0) is 24.5. The number of carbonyl (C=O) groups excluding carboxylic acids is 1. The maximum atomic E-state index is 12.7. The topological polar surface area (TPSA) is 85.4 Å². The van der Waals surface area contributed by atoms with E-state index in [9.17, 15) is 4.79 Å². The minimum absolute atomic E-state index is 0.133. The average Bonchev–Trinajstić information content (AvgIpc) is 2.90. The van der Waals surface area contributed by atoms with Gasteiger partial charge in [-0.15, -0.1) is 0 Å². The number of nitrogens with zero attached hydrogens (tertiary/aromatic N) is 2. The van der Waals surface area contributed by atoms with E-state index in [0.717, 1.165) is 16.7 Å². The summed E-state index contributed by atoms with van der Waals surface area (Å²) in [5, 5.41) is 6.41. The zero-order valence-electron chi connectivity index (χ0n) is 20.5. The maximum Gasteiger partial charge on any atom is 0.251 e. The van der Waals surface area contributed by atoms with Crippen molar-refractivity contribution in [2.45, 2.75) is 58.5 Å². The van der Waals surface area contributed by atoms with Crippen LogP contribution >= 0.6 is 0 Å². The van der Waals surface area contributed by atoms with Crippen LogP contribution in [0.25, 0.3) is 11.1 Å². The molecule has 0 saturated heterocycles. The molecule has 1 aliphatic rings. The molecule has 7 heteroatoms. The number of ether oxygens (including phenoxy) is 2. The fourth-order valence-corrected chi connectivity index (χ4v) is 4.29. The molecule has 1 fully saturated rings. The molecule has 3 aromatic rings. The summed E-state index contributed by atoms with van der Waals surface area (Å²) in [5.41, 5.74) is 3.43. The fourth-order valence-electron chi connectivity index (χ4n) is 4.29. The van der Waals surface area contributed by atoms with Crippen LogP contribution in [-0.4, -0.2) is 35.1 Å². The summed E-state index contributed by atoms with van der Waals surface area (Å²) >= 11 is 0. The first-order chi connectivity index (χ1) is 17.2. The van der Waals surface area contributed by atoms with Gasteiger partial charge in [0.2, 0.25) is 5.95 Å². The van der Waals surface area contributed by atoms with E-state index in [1.807, 2.05) is 68.7 Å². The van der Waals surface area contributed by atoms with E-state index < -0.39 is 0 Å². The van der Waals surface area contributed by atoms with Gasteiger partial charge in [-0.25, -0.2) is 9.97 Å². The Hall–Kier alpha value is -3.61. The fraction of sp³-hybridized carbons (Fsp3) is 0.393. The highest BCUT2D eigenvalue weighted by atomic mass is 16.5. The molecular formula is C28H34N4O3. The quantitative estimate of drug-likeness (QED) is 0.397. The van der Waals surface area contributed by atoms with Gasteiger partial charge in [-0.2, -0.15) is 0 Å². The molecule has 0 atom stereocenters. The Morgan fingerprint density at radius 3 is 2.26 bits per heavy atom. The van der Waals surface area contributed by atoms with Crippen molar-refractivity contribution in [1.29, 1.82) is 0 Å². The lowest BCUT2D eigenvalue weighted by Gasteiger charge is -2.22. The van der Waals surface area contributed by atoms with Gasteiger partial charge in [0.1, 0.15) is 0 Å². The largest absolute Gasteiger partial charge is 0.490 e. The molecule has 0 unspecified atom stereocenters. The minimum Gasteiger partial charge on any atom is -0.490 e. The zero-order valence-corrected chi connectivity index (χ0v) is 20.5. The van der Waals surface area contributed by atoms with E-state index in [1.165, 1.54) is 32.1 Å². The SMILES string of the molecule is CCOc1ccc(CNC(=O)c2ccc(-c3cnc(NC4CCCCC4)nc3)cc2)cc1OCC. The van der Waals surface area contributed by atoms with Crippen molar-refractivity contribution in [3.63, 3.8) is 0 Å². The van der Waals surface area contributed by atoms with Crippen molar-refractivity contribution < 1.29 is 14.3 Å². The Morgan fingerprint density at radius 1 is 0.886 bits per heavy atom. The number of hydrogen-bond donors (Lipinski definition) is 2. The van der Waals surface area contributed by atoms with E-state index in [1.54, 1.807) is 0 Å². The van der Waals surface area contributed by atoms with E-state index in [0.29, 0.717) is 48.8 Å². The van der Waals surface area contributed by atoms with Gasteiger partial charge in [0.05, 0.1) is 13.2 Å². The minimum atomic E-state index is -0.133. The standard InChI is InChI=1S/C28H34N4O3/c1-3-34-25-15-10-20(16-26(25)35-4-2)17-29-27(33)22-13-11-21(12-14-22)23-18-30-28(31-19-23)32-24-8-6-5-7-9-24/h10-16,18-19,24H,3-9,17H2,1-2H3,(H,29,33)(H,30,31,32). The van der Waals surface area contributed by atoms with Crippen molar-refractivity contribution in [3.05, 3.63) is 66.0 Å². The van der Waals surface area contributed by atoms with Crippen molar-refractivity contribution in [2.75, 3.05) is 18.5 Å². The van der Waals surface area contributed by atoms with Crippen molar-refractivity contribution in [2.24, 2.45) is 0 Å². The van der Waals surface area contributed by atoms with Gasteiger partial charge in [0.25, 0.3) is 5.91 Å². The molecule has 1 saturated carbocycles. The monoisotopic (exact) mass is 474 g/mol. The van der Waals surface area contributed by atoms with Gasteiger partial charge in [-0.1, -0.05) is 37.5 Å². The molecule has 0 radical (unpaired) electrons. The number of carbonyl (C=O) groups is 1. The Kier molecular flexibility index (Phi) is 8.54. The molecule has 2 aromatic carbocycles. The van der Waals surface area contributed by atoms with Crippen LogP contribution in [0.1, 0.15) is 61.9 Å². The Labute approximate surface area is 207 Å². The molecular weight excluding hydrogens is 440 g/mol. The highest BCUT2D eigenvalue weighted by Gasteiger charge is 2.14. The number of anilines is 1. The van der Waals surface area contributed by atoms with Gasteiger partial charge in [-0.05, 0) is 62.1 Å². The van der Waals surface area contributed by atoms with Crippen LogP contribution in [-0.2, 0) is 6.54 Å². The average molecular weight is 475 g/mol. The normalized spacial score (nSPS) is 13.8. The molecule has 1 aromatic heterocycles. The Balaban J connectivity index is 1.33. The van der Waals surface area contributed by atoms with Crippen molar-refractivity contribution in [3.8, 4) is 22.6 Å². The number of rotatable bonds is 10. The number of amides is 1. The lowest BCUT2D eigenvalue weighted by molar-refractivity contribution is 0.0951. The highest BCUT2D eigenvalue weighted by molar-refractivity contribution is 5.94. The number of hydrogen-bond acceptors (Lipinski definition) is 6. The smallest absolute Gasteiger partial charge is 0.251 e. The Bertz CT molecular complexity index is 1090. The molecule has 1 aliphatic carbocycles. The van der Waals surface area contributed by atoms with Crippen LogP contribution in [0, 0.1) is 0 Å². The second-order valence-electron chi connectivity index (χ2n) is 8.68. The first kappa shape index (κ1) is 24.5. The van der Waals surface area contributed by atoms with Gasteiger partial charge < -0.3 is 20.1 Å². The van der Waals surface area contributed by atoms with Crippen molar-refractivity contribution in [1.82, 2.24) is 15.3 Å². The van der Waals surface area contributed by atoms with E-state index in [2.05, 4.69) is 20.6 Å². The first-order valence-electron chi connectivity index (χ1n) is 12.5. The lowest BCUT2D eigenvalue weighted by atomic mass is 9.96. The highest BCUT2D eigenvalue weighted by Crippen LogP contribution is 2.28. The summed E-state index contributed by atoms with van der Waals surface area (Å²) in [6, 6.07) is 13.7. The summed E-state index contributed by atoms with van der Waals surface area (Å²) < 4.78 is 11.3. The van der Waals surface area contributed by atoms with Gasteiger partial charge in [-0.3, -0.25) is 4.79 Å². The van der Waals surface area contributed by atoms with Crippen LogP contribution in [0.4, 0.5) is 5.95 Å². The summed E-state index contributed by atoms with van der Waals surface area (Å²) in [6.45, 7) is 5.39. The molecule has 0 spiro atoms. The maximum absolute atomic E-state index is 12.7. The Morgan fingerprint density at radius 2 is 1.57 bits per heavy atom. The summed E-state index contributed by atoms with van der Waals surface area (Å²) in [7, 11) is 0. The van der Waals surface area contributed by atoms with Gasteiger partial charge in [0.15, 0.2) is 11.5 Å². The molecule has 0 aliphatic heterocycles. The molecule has 35 heavy (non-hydrogen) atoms. The molecule has 0 bridgehead atoms. The number of aromatic nitrogens is 2. The predicted molar refractivity (Wildman–Crippen MR) is 138 cm³/mol. The molecule has 1 heterocycles. The summed E-state index contributed by atoms with van der Waals surface area (Å²) in [5.74, 6) is 1.94. The molecule has 7 nitrogen and oxygen atoms in total. The molecule has 1 amide bonds. The van der Waals surface area contributed by atoms with Gasteiger partial charge in [0, 0.05) is 36.1 Å². The lowest BCUT2D eigenvalue weighted by Crippen LogP contribution is -2.23. The molecule has 4 rings (SSSR count). The molecule has 184 valence electrons. The second kappa shape index (κ2) is 12.2.